The molecule has 0 saturated carbocycles. The summed E-state index contributed by atoms with van der Waals surface area (Å²) in [6.45, 7) is 3.66. The molecule has 1 fully saturated rings. The number of piperidine rings is 1. The molecule has 0 spiro atoms. The minimum Gasteiger partial charge on any atom is -0.362 e. The highest BCUT2D eigenvalue weighted by molar-refractivity contribution is 5.80. The first-order valence-electron chi connectivity index (χ1n) is 8.49. The first-order chi connectivity index (χ1) is 11.8. The van der Waals surface area contributed by atoms with Crippen molar-refractivity contribution in [2.24, 2.45) is 0 Å². The van der Waals surface area contributed by atoms with Gasteiger partial charge in [-0.1, -0.05) is 0 Å². The average molecular weight is 325 g/mol. The van der Waals surface area contributed by atoms with Gasteiger partial charge < -0.3 is 9.72 Å². The van der Waals surface area contributed by atoms with Gasteiger partial charge in [0.25, 0.3) is 0 Å². The Balaban J connectivity index is 1.41. The molecule has 6 heteroatoms. The summed E-state index contributed by atoms with van der Waals surface area (Å²) in [6.07, 6.45) is 8.20. The number of nitrogens with one attached hydrogen (secondary N) is 1. The summed E-state index contributed by atoms with van der Waals surface area (Å²) in [5, 5.41) is 5.59. The van der Waals surface area contributed by atoms with E-state index in [0.717, 1.165) is 25.3 Å². The van der Waals surface area contributed by atoms with Gasteiger partial charge in [0.1, 0.15) is 12.4 Å². The second kappa shape index (κ2) is 6.75. The number of nitrogens with zero attached hydrogens (tertiary/aromatic N) is 4. The Hall–Kier alpha value is -2.18. The zero-order chi connectivity index (χ0) is 16.4. The predicted molar refractivity (Wildman–Crippen MR) is 92.6 cm³/mol. The van der Waals surface area contributed by atoms with Gasteiger partial charge in [-0.15, -0.1) is 0 Å². The molecule has 1 N–H and O–H groups in total. The van der Waals surface area contributed by atoms with Crippen LogP contribution in [0.3, 0.4) is 0 Å². The van der Waals surface area contributed by atoms with Crippen molar-refractivity contribution in [1.29, 1.82) is 0 Å². The lowest BCUT2D eigenvalue weighted by molar-refractivity contribution is 0.112. The van der Waals surface area contributed by atoms with Gasteiger partial charge in [-0.3, -0.25) is 4.90 Å². The average Bonchev–Trinajstić information content (AvgIpc) is 3.23. The highest BCUT2D eigenvalue weighted by atomic mass is 16.5. The molecule has 24 heavy (non-hydrogen) atoms. The number of likely N-dealkylation sites (tertiary alicyclic amines) is 1. The number of hydrogen-bond acceptors (Lipinski definition) is 4. The van der Waals surface area contributed by atoms with Crippen LogP contribution in [0.5, 0.6) is 0 Å². The maximum atomic E-state index is 5.20. The Morgan fingerprint density at radius 3 is 2.96 bits per heavy atom. The molecule has 3 aromatic rings. The molecule has 126 valence electrons. The molecule has 0 aromatic carbocycles. The quantitative estimate of drug-likeness (QED) is 0.783. The van der Waals surface area contributed by atoms with E-state index in [1.807, 2.05) is 23.1 Å². The number of aromatic amines is 1. The van der Waals surface area contributed by atoms with Gasteiger partial charge in [-0.05, 0) is 55.6 Å². The molecule has 0 atom stereocenters. The lowest BCUT2D eigenvalue weighted by Crippen LogP contribution is -2.33. The lowest BCUT2D eigenvalue weighted by Gasteiger charge is -2.31. The third-order valence-electron chi connectivity index (χ3n) is 4.95. The summed E-state index contributed by atoms with van der Waals surface area (Å²) < 4.78 is 7.12. The molecule has 1 aliphatic heterocycles. The largest absolute Gasteiger partial charge is 0.362 e. The topological polar surface area (TPSA) is 59.0 Å². The fourth-order valence-corrected chi connectivity index (χ4v) is 3.68. The van der Waals surface area contributed by atoms with Crippen molar-refractivity contribution in [3.8, 4) is 0 Å². The van der Waals surface area contributed by atoms with E-state index in [1.165, 1.54) is 29.5 Å². The number of fused-ring (bicyclic) bond motifs is 1. The number of pyridine rings is 1. The number of H-pyrrole nitrogens is 1. The van der Waals surface area contributed by atoms with E-state index >= 15 is 0 Å². The van der Waals surface area contributed by atoms with Gasteiger partial charge in [-0.25, -0.2) is 9.67 Å². The number of hydrogen-bond donors (Lipinski definition) is 1. The molecule has 0 bridgehead atoms. The number of methoxy groups -OCH3 is 1. The Morgan fingerprint density at radius 1 is 1.25 bits per heavy atom. The monoisotopic (exact) mass is 325 g/mol. The summed E-state index contributed by atoms with van der Waals surface area (Å²) in [7, 11) is 1.70. The molecular weight excluding hydrogens is 302 g/mol. The first-order valence-corrected chi connectivity index (χ1v) is 8.49. The van der Waals surface area contributed by atoms with Gasteiger partial charge in [0.15, 0.2) is 0 Å². The van der Waals surface area contributed by atoms with Crippen LogP contribution in [0.2, 0.25) is 0 Å². The number of rotatable bonds is 5. The Kier molecular flexibility index (Phi) is 4.32. The minimum absolute atomic E-state index is 0.515. The molecule has 1 aliphatic rings. The summed E-state index contributed by atoms with van der Waals surface area (Å²) in [6, 6.07) is 6.27. The Morgan fingerprint density at radius 2 is 2.12 bits per heavy atom. The molecular formula is C18H23N5O. The normalized spacial score (nSPS) is 16.9. The van der Waals surface area contributed by atoms with Gasteiger partial charge in [0.05, 0.1) is 5.69 Å². The molecule has 1 saturated heterocycles. The Labute approximate surface area is 141 Å². The summed E-state index contributed by atoms with van der Waals surface area (Å²) in [5.74, 6) is 0.614. The van der Waals surface area contributed by atoms with Crippen molar-refractivity contribution in [2.75, 3.05) is 20.2 Å². The zero-order valence-electron chi connectivity index (χ0n) is 14.0. The fourth-order valence-electron chi connectivity index (χ4n) is 3.68. The maximum Gasteiger partial charge on any atom is 0.139 e. The predicted octanol–water partition coefficient (Wildman–Crippen LogP) is 2.74. The highest BCUT2D eigenvalue weighted by Crippen LogP contribution is 2.32. The van der Waals surface area contributed by atoms with Crippen LogP contribution in [0.25, 0.3) is 11.0 Å². The van der Waals surface area contributed by atoms with Crippen LogP contribution in [-0.4, -0.2) is 44.8 Å². The van der Waals surface area contributed by atoms with Gasteiger partial charge in [0.2, 0.25) is 0 Å². The smallest absolute Gasteiger partial charge is 0.139 e. The fraction of sp³-hybridized carbons (Fsp3) is 0.444. The van der Waals surface area contributed by atoms with Crippen LogP contribution in [0, 0.1) is 0 Å². The molecule has 4 heterocycles. The molecule has 3 aromatic heterocycles. The number of ether oxygens (including phenoxy) is 1. The van der Waals surface area contributed by atoms with Crippen LogP contribution in [0.1, 0.15) is 30.0 Å². The lowest BCUT2D eigenvalue weighted by atomic mass is 9.89. The minimum atomic E-state index is 0.515. The molecule has 0 aliphatic carbocycles. The third-order valence-corrected chi connectivity index (χ3v) is 4.95. The number of aromatic nitrogens is 4. The van der Waals surface area contributed by atoms with Crippen LogP contribution in [0.15, 0.2) is 36.8 Å². The van der Waals surface area contributed by atoms with E-state index in [1.54, 1.807) is 7.11 Å². The summed E-state index contributed by atoms with van der Waals surface area (Å²) in [5.41, 5.74) is 3.63. The van der Waals surface area contributed by atoms with Crippen LogP contribution in [-0.2, 0) is 18.0 Å². The second-order valence-corrected chi connectivity index (χ2v) is 6.43. The van der Waals surface area contributed by atoms with E-state index in [4.69, 9.17) is 4.74 Å². The van der Waals surface area contributed by atoms with Gasteiger partial charge in [0, 0.05) is 37.6 Å². The molecule has 0 amide bonds. The van der Waals surface area contributed by atoms with Crippen molar-refractivity contribution in [3.63, 3.8) is 0 Å². The van der Waals surface area contributed by atoms with Crippen molar-refractivity contribution >= 4 is 11.0 Å². The third kappa shape index (κ3) is 2.95. The molecule has 0 unspecified atom stereocenters. The SMILES string of the molecule is COCn1nccc1CN1CCC(c2c[nH]c3ncccc23)CC1. The van der Waals surface area contributed by atoms with Crippen molar-refractivity contribution < 1.29 is 4.74 Å². The molecule has 0 radical (unpaired) electrons. The van der Waals surface area contributed by atoms with Crippen LogP contribution in [0.4, 0.5) is 0 Å². The van der Waals surface area contributed by atoms with E-state index in [9.17, 15) is 0 Å². The highest BCUT2D eigenvalue weighted by Gasteiger charge is 2.23. The Bertz CT molecular complexity index is 800. The van der Waals surface area contributed by atoms with Crippen molar-refractivity contribution in [3.05, 3.63) is 48.0 Å². The summed E-state index contributed by atoms with van der Waals surface area (Å²) >= 11 is 0. The van der Waals surface area contributed by atoms with E-state index in [2.05, 4.69) is 38.3 Å². The van der Waals surface area contributed by atoms with Crippen LogP contribution >= 0.6 is 0 Å². The van der Waals surface area contributed by atoms with Crippen LogP contribution < -0.4 is 0 Å². The molecule has 4 rings (SSSR count). The van der Waals surface area contributed by atoms with E-state index < -0.39 is 0 Å². The van der Waals surface area contributed by atoms with Gasteiger partial charge >= 0.3 is 0 Å². The second-order valence-electron chi connectivity index (χ2n) is 6.43. The molecule has 6 nitrogen and oxygen atoms in total. The van der Waals surface area contributed by atoms with Crippen molar-refractivity contribution in [2.45, 2.75) is 32.0 Å². The zero-order valence-corrected chi connectivity index (χ0v) is 14.0. The standard InChI is InChI=1S/C18H23N5O/c1-24-13-23-15(4-8-21-23)12-22-9-5-14(6-10-22)17-11-20-18-16(17)3-2-7-19-18/h2-4,7-8,11,14H,5-6,9-10,12-13H2,1H3,(H,19,20). The van der Waals surface area contributed by atoms with E-state index in [-0.39, 0.29) is 0 Å². The summed E-state index contributed by atoms with van der Waals surface area (Å²) in [4.78, 5) is 10.2. The maximum absolute atomic E-state index is 5.20. The van der Waals surface area contributed by atoms with E-state index in [0.29, 0.717) is 12.6 Å². The van der Waals surface area contributed by atoms with Gasteiger partial charge in [-0.2, -0.15) is 5.10 Å². The first kappa shape index (κ1) is 15.4. The van der Waals surface area contributed by atoms with Crippen molar-refractivity contribution in [1.82, 2.24) is 24.6 Å².